The van der Waals surface area contributed by atoms with Crippen LogP contribution in [0.2, 0.25) is 0 Å². The number of allylic oxidation sites excluding steroid dienone is 1. The van der Waals surface area contributed by atoms with Crippen molar-refractivity contribution in [1.29, 1.82) is 5.26 Å². The highest BCUT2D eigenvalue weighted by Crippen LogP contribution is 2.34. The van der Waals surface area contributed by atoms with E-state index in [-0.39, 0.29) is 5.69 Å². The first-order valence-electron chi connectivity index (χ1n) is 8.10. The molecule has 0 radical (unpaired) electrons. The van der Waals surface area contributed by atoms with Gasteiger partial charge < -0.3 is 9.47 Å². The minimum Gasteiger partial charge on any atom is -0.493 e. The Morgan fingerprint density at radius 1 is 1.21 bits per heavy atom. The minimum absolute atomic E-state index is 0.0313. The van der Waals surface area contributed by atoms with Gasteiger partial charge in [-0.3, -0.25) is 10.1 Å². The molecule has 0 saturated heterocycles. The number of rotatable bonds is 6. The fourth-order valence-electron chi connectivity index (χ4n) is 2.56. The van der Waals surface area contributed by atoms with Crippen molar-refractivity contribution in [2.75, 3.05) is 14.2 Å². The van der Waals surface area contributed by atoms with E-state index >= 15 is 0 Å². The number of hydrogen-bond acceptors (Lipinski definition) is 7. The van der Waals surface area contributed by atoms with Crippen molar-refractivity contribution in [3.05, 3.63) is 68.5 Å². The topological polar surface area (TPSA) is 98.3 Å². The van der Waals surface area contributed by atoms with Crippen molar-refractivity contribution in [3.63, 3.8) is 0 Å². The van der Waals surface area contributed by atoms with Gasteiger partial charge in [0.1, 0.15) is 11.1 Å². The van der Waals surface area contributed by atoms with Crippen molar-refractivity contribution in [2.45, 2.75) is 0 Å². The van der Waals surface area contributed by atoms with Gasteiger partial charge in [0.05, 0.1) is 30.4 Å². The molecular weight excluding hydrogens is 378 g/mol. The Labute approximate surface area is 165 Å². The maximum atomic E-state index is 10.9. The zero-order valence-electron chi connectivity index (χ0n) is 15.1. The quantitative estimate of drug-likeness (QED) is 0.339. The minimum atomic E-state index is -0.470. The monoisotopic (exact) mass is 393 g/mol. The lowest BCUT2D eigenvalue weighted by atomic mass is 10.1. The third-order valence-corrected chi connectivity index (χ3v) is 4.80. The highest BCUT2D eigenvalue weighted by atomic mass is 32.1. The molecular formula is C20H15N3O4S. The van der Waals surface area contributed by atoms with E-state index in [0.717, 1.165) is 5.56 Å². The maximum absolute atomic E-state index is 10.9. The summed E-state index contributed by atoms with van der Waals surface area (Å²) in [4.78, 5) is 15.0. The molecule has 0 amide bonds. The fourth-order valence-corrected chi connectivity index (χ4v) is 3.36. The summed E-state index contributed by atoms with van der Waals surface area (Å²) in [6.45, 7) is 0. The van der Waals surface area contributed by atoms with E-state index in [9.17, 15) is 15.4 Å². The largest absolute Gasteiger partial charge is 0.493 e. The van der Waals surface area contributed by atoms with Gasteiger partial charge in [-0.1, -0.05) is 12.1 Å². The van der Waals surface area contributed by atoms with E-state index in [1.54, 1.807) is 38.5 Å². The Morgan fingerprint density at radius 2 is 2.00 bits per heavy atom. The smallest absolute Gasteiger partial charge is 0.270 e. The van der Waals surface area contributed by atoms with Gasteiger partial charge in [-0.15, -0.1) is 11.3 Å². The summed E-state index contributed by atoms with van der Waals surface area (Å²) in [5.74, 6) is 1.20. The first kappa shape index (κ1) is 19.1. The summed E-state index contributed by atoms with van der Waals surface area (Å²) in [5, 5.41) is 22.8. The second kappa shape index (κ2) is 8.33. The highest BCUT2D eigenvalue weighted by molar-refractivity contribution is 7.11. The lowest BCUT2D eigenvalue weighted by Gasteiger charge is -2.08. The van der Waals surface area contributed by atoms with Gasteiger partial charge in [-0.2, -0.15) is 5.26 Å². The zero-order chi connectivity index (χ0) is 20.1. The van der Waals surface area contributed by atoms with Crippen LogP contribution in [0.5, 0.6) is 11.5 Å². The molecule has 28 heavy (non-hydrogen) atoms. The number of nitro benzene ring substituents is 1. The zero-order valence-corrected chi connectivity index (χ0v) is 15.9. The number of nitriles is 1. The van der Waals surface area contributed by atoms with Crippen LogP contribution in [0.15, 0.2) is 47.8 Å². The number of hydrogen-bond donors (Lipinski definition) is 0. The third-order valence-electron chi connectivity index (χ3n) is 3.93. The second-order valence-electron chi connectivity index (χ2n) is 5.63. The summed E-state index contributed by atoms with van der Waals surface area (Å²) < 4.78 is 10.6. The Balaban J connectivity index is 1.95. The van der Waals surface area contributed by atoms with Crippen LogP contribution in [0.3, 0.4) is 0 Å². The normalized spacial score (nSPS) is 11.0. The number of non-ortho nitro benzene ring substituents is 1. The van der Waals surface area contributed by atoms with Crippen LogP contribution < -0.4 is 9.47 Å². The lowest BCUT2D eigenvalue weighted by Crippen LogP contribution is -1.91. The fraction of sp³-hybridized carbons (Fsp3) is 0.100. The third kappa shape index (κ3) is 4.00. The molecule has 0 aliphatic heterocycles. The van der Waals surface area contributed by atoms with Crippen LogP contribution in [-0.2, 0) is 0 Å². The Hall–Kier alpha value is -3.70. The molecule has 0 aliphatic carbocycles. The number of nitrogens with zero attached hydrogens (tertiary/aromatic N) is 3. The molecule has 2 aromatic carbocycles. The van der Waals surface area contributed by atoms with E-state index in [1.165, 1.54) is 23.5 Å². The average Bonchev–Trinajstić information content (AvgIpc) is 3.21. The molecule has 0 N–H and O–H groups in total. The molecule has 7 nitrogen and oxygen atoms in total. The highest BCUT2D eigenvalue weighted by Gasteiger charge is 2.12. The van der Waals surface area contributed by atoms with E-state index in [4.69, 9.17) is 9.47 Å². The van der Waals surface area contributed by atoms with E-state index in [0.29, 0.717) is 33.3 Å². The number of ether oxygens (including phenoxy) is 2. The molecule has 0 unspecified atom stereocenters. The molecule has 0 saturated carbocycles. The first-order valence-corrected chi connectivity index (χ1v) is 8.98. The molecule has 0 spiro atoms. The van der Waals surface area contributed by atoms with Gasteiger partial charge in [0, 0.05) is 23.1 Å². The Kier molecular flexibility index (Phi) is 5.67. The van der Waals surface area contributed by atoms with E-state index in [2.05, 4.69) is 11.1 Å². The summed E-state index contributed by atoms with van der Waals surface area (Å²) in [6.07, 6.45) is 1.59. The number of thiazole rings is 1. The van der Waals surface area contributed by atoms with Crippen molar-refractivity contribution in [2.24, 2.45) is 0 Å². The summed E-state index contributed by atoms with van der Waals surface area (Å²) in [6, 6.07) is 13.7. The van der Waals surface area contributed by atoms with E-state index < -0.39 is 4.92 Å². The summed E-state index contributed by atoms with van der Waals surface area (Å²) in [5.41, 5.74) is 2.39. The molecule has 0 atom stereocenters. The number of benzene rings is 2. The predicted octanol–water partition coefficient (Wildman–Crippen LogP) is 4.80. The number of methoxy groups -OCH3 is 2. The number of nitro groups is 1. The SMILES string of the molecule is COc1ccc(-c2csc(/C(C#N)=C/c3cccc([N+](=O)[O-])c3)n2)cc1OC. The first-order chi connectivity index (χ1) is 13.5. The van der Waals surface area contributed by atoms with Crippen molar-refractivity contribution < 1.29 is 14.4 Å². The van der Waals surface area contributed by atoms with Crippen LogP contribution in [0.4, 0.5) is 5.69 Å². The molecule has 0 aliphatic rings. The summed E-state index contributed by atoms with van der Waals surface area (Å²) in [7, 11) is 3.13. The molecule has 0 bridgehead atoms. The van der Waals surface area contributed by atoms with Crippen molar-refractivity contribution >= 4 is 28.7 Å². The molecule has 140 valence electrons. The van der Waals surface area contributed by atoms with Crippen LogP contribution in [-0.4, -0.2) is 24.1 Å². The maximum Gasteiger partial charge on any atom is 0.270 e. The van der Waals surface area contributed by atoms with Gasteiger partial charge in [0.2, 0.25) is 0 Å². The molecule has 0 fully saturated rings. The standard InChI is InChI=1S/C20H15N3O4S/c1-26-18-7-6-14(10-19(18)27-2)17-12-28-20(22-17)15(11-21)8-13-4-3-5-16(9-13)23(24)25/h3-10,12H,1-2H3/b15-8+. The predicted molar refractivity (Wildman–Crippen MR) is 107 cm³/mol. The van der Waals surface area contributed by atoms with Crippen LogP contribution in [0.25, 0.3) is 22.9 Å². The van der Waals surface area contributed by atoms with Crippen LogP contribution >= 0.6 is 11.3 Å². The Bertz CT molecular complexity index is 1100. The summed E-state index contributed by atoms with van der Waals surface area (Å²) >= 11 is 1.32. The van der Waals surface area contributed by atoms with Gasteiger partial charge in [-0.25, -0.2) is 4.98 Å². The van der Waals surface area contributed by atoms with Crippen molar-refractivity contribution in [3.8, 4) is 28.8 Å². The van der Waals surface area contributed by atoms with Crippen LogP contribution in [0, 0.1) is 21.4 Å². The molecule has 8 heteroatoms. The van der Waals surface area contributed by atoms with E-state index in [1.807, 2.05) is 17.5 Å². The van der Waals surface area contributed by atoms with Gasteiger partial charge in [0.25, 0.3) is 5.69 Å². The van der Waals surface area contributed by atoms with Gasteiger partial charge in [0.15, 0.2) is 11.5 Å². The second-order valence-corrected chi connectivity index (χ2v) is 6.49. The van der Waals surface area contributed by atoms with Gasteiger partial charge in [-0.05, 0) is 29.8 Å². The van der Waals surface area contributed by atoms with Crippen molar-refractivity contribution in [1.82, 2.24) is 4.98 Å². The van der Waals surface area contributed by atoms with Gasteiger partial charge >= 0.3 is 0 Å². The molecule has 1 aromatic heterocycles. The average molecular weight is 393 g/mol. The molecule has 3 rings (SSSR count). The molecule has 3 aromatic rings. The molecule has 1 heterocycles. The number of aromatic nitrogens is 1. The lowest BCUT2D eigenvalue weighted by molar-refractivity contribution is -0.384. The Morgan fingerprint density at radius 3 is 2.68 bits per heavy atom. The van der Waals surface area contributed by atoms with Crippen LogP contribution in [0.1, 0.15) is 10.6 Å².